The number of nitrogens with one attached hydrogen (secondary N) is 1. The van der Waals surface area contributed by atoms with Crippen molar-refractivity contribution in [2.45, 2.75) is 17.4 Å². The van der Waals surface area contributed by atoms with E-state index in [9.17, 15) is 14.0 Å². The number of amides is 2. The SMILES string of the molecule is CSc1cccc(N[C@@H]2CC(=O)N(c3ccccc3F)C2=O)c1. The summed E-state index contributed by atoms with van der Waals surface area (Å²) in [7, 11) is 0. The number of anilines is 2. The van der Waals surface area contributed by atoms with Gasteiger partial charge < -0.3 is 5.32 Å². The third kappa shape index (κ3) is 3.07. The summed E-state index contributed by atoms with van der Waals surface area (Å²) < 4.78 is 13.9. The van der Waals surface area contributed by atoms with Gasteiger partial charge in [0.2, 0.25) is 5.91 Å². The lowest BCUT2D eigenvalue weighted by molar-refractivity contribution is -0.121. The predicted octanol–water partition coefficient (Wildman–Crippen LogP) is 3.29. The smallest absolute Gasteiger partial charge is 0.256 e. The first-order chi connectivity index (χ1) is 11.1. The fourth-order valence-electron chi connectivity index (χ4n) is 2.54. The summed E-state index contributed by atoms with van der Waals surface area (Å²) >= 11 is 1.59. The van der Waals surface area contributed by atoms with E-state index in [1.807, 2.05) is 30.5 Å². The Kier molecular flexibility index (Phi) is 4.34. The molecule has 2 aromatic carbocycles. The van der Waals surface area contributed by atoms with Gasteiger partial charge in [-0.05, 0) is 36.6 Å². The minimum Gasteiger partial charge on any atom is -0.373 e. The zero-order valence-corrected chi connectivity index (χ0v) is 13.3. The maximum Gasteiger partial charge on any atom is 0.256 e. The second-order valence-corrected chi connectivity index (χ2v) is 6.03. The summed E-state index contributed by atoms with van der Waals surface area (Å²) in [4.78, 5) is 26.6. The van der Waals surface area contributed by atoms with Gasteiger partial charge in [-0.25, -0.2) is 9.29 Å². The van der Waals surface area contributed by atoms with Gasteiger partial charge >= 0.3 is 0 Å². The van der Waals surface area contributed by atoms with Crippen LogP contribution in [0.2, 0.25) is 0 Å². The lowest BCUT2D eigenvalue weighted by Crippen LogP contribution is -2.35. The number of benzene rings is 2. The van der Waals surface area contributed by atoms with E-state index in [0.29, 0.717) is 0 Å². The topological polar surface area (TPSA) is 49.4 Å². The van der Waals surface area contributed by atoms with Crippen molar-refractivity contribution in [1.82, 2.24) is 0 Å². The van der Waals surface area contributed by atoms with Crippen LogP contribution in [0.3, 0.4) is 0 Å². The molecule has 1 heterocycles. The fourth-order valence-corrected chi connectivity index (χ4v) is 3.00. The van der Waals surface area contributed by atoms with Crippen LogP contribution < -0.4 is 10.2 Å². The first-order valence-corrected chi connectivity index (χ1v) is 8.34. The quantitative estimate of drug-likeness (QED) is 0.690. The molecule has 1 aliphatic rings. The van der Waals surface area contributed by atoms with E-state index in [1.165, 1.54) is 18.2 Å². The molecule has 0 aliphatic carbocycles. The lowest BCUT2D eigenvalue weighted by atomic mass is 10.2. The Balaban J connectivity index is 1.82. The molecule has 3 rings (SSSR count). The Hall–Kier alpha value is -2.34. The van der Waals surface area contributed by atoms with Gasteiger partial charge in [0.05, 0.1) is 12.1 Å². The van der Waals surface area contributed by atoms with Gasteiger partial charge in [-0.2, -0.15) is 0 Å². The minimum atomic E-state index is -0.681. The number of rotatable bonds is 4. The highest BCUT2D eigenvalue weighted by Crippen LogP contribution is 2.27. The van der Waals surface area contributed by atoms with E-state index in [4.69, 9.17) is 0 Å². The molecule has 118 valence electrons. The largest absolute Gasteiger partial charge is 0.373 e. The monoisotopic (exact) mass is 330 g/mol. The molecule has 6 heteroatoms. The van der Waals surface area contributed by atoms with E-state index in [2.05, 4.69) is 5.32 Å². The molecule has 2 aromatic rings. The second kappa shape index (κ2) is 6.42. The molecule has 1 fully saturated rings. The fraction of sp³-hybridized carbons (Fsp3) is 0.176. The molecule has 1 aliphatic heterocycles. The zero-order valence-electron chi connectivity index (χ0n) is 12.5. The summed E-state index contributed by atoms with van der Waals surface area (Å²) in [5.74, 6) is -1.42. The molecule has 23 heavy (non-hydrogen) atoms. The van der Waals surface area contributed by atoms with Gasteiger partial charge in [0.15, 0.2) is 0 Å². The zero-order chi connectivity index (χ0) is 16.4. The van der Waals surface area contributed by atoms with Crippen LogP contribution in [0.25, 0.3) is 0 Å². The molecule has 1 saturated heterocycles. The number of para-hydroxylation sites is 1. The van der Waals surface area contributed by atoms with Gasteiger partial charge in [-0.15, -0.1) is 11.8 Å². The van der Waals surface area contributed by atoms with Gasteiger partial charge in [0.1, 0.15) is 11.9 Å². The Labute approximate surface area is 137 Å². The molecule has 1 atom stereocenters. The summed E-state index contributed by atoms with van der Waals surface area (Å²) in [6, 6.07) is 12.7. The van der Waals surface area contributed by atoms with Crippen molar-refractivity contribution in [3.05, 3.63) is 54.3 Å². The van der Waals surface area contributed by atoms with Crippen molar-refractivity contribution in [3.63, 3.8) is 0 Å². The van der Waals surface area contributed by atoms with Crippen molar-refractivity contribution < 1.29 is 14.0 Å². The highest BCUT2D eigenvalue weighted by Gasteiger charge is 2.40. The molecular formula is C17H15FN2O2S. The molecule has 0 aromatic heterocycles. The van der Waals surface area contributed by atoms with E-state index >= 15 is 0 Å². The van der Waals surface area contributed by atoms with Crippen molar-refractivity contribution in [3.8, 4) is 0 Å². The van der Waals surface area contributed by atoms with Crippen LogP contribution in [0.15, 0.2) is 53.4 Å². The summed E-state index contributed by atoms with van der Waals surface area (Å²) in [6.45, 7) is 0. The summed E-state index contributed by atoms with van der Waals surface area (Å²) in [5.41, 5.74) is 0.767. The first-order valence-electron chi connectivity index (χ1n) is 7.12. The number of hydrogen-bond donors (Lipinski definition) is 1. The maximum absolute atomic E-state index is 13.9. The van der Waals surface area contributed by atoms with Crippen LogP contribution in [0, 0.1) is 5.82 Å². The molecule has 2 amide bonds. The molecule has 4 nitrogen and oxygen atoms in total. The molecule has 1 N–H and O–H groups in total. The molecular weight excluding hydrogens is 315 g/mol. The highest BCUT2D eigenvalue weighted by molar-refractivity contribution is 7.98. The third-order valence-corrected chi connectivity index (χ3v) is 4.38. The van der Waals surface area contributed by atoms with Gasteiger partial charge in [-0.3, -0.25) is 9.59 Å². The van der Waals surface area contributed by atoms with Gasteiger partial charge in [-0.1, -0.05) is 18.2 Å². The lowest BCUT2D eigenvalue weighted by Gasteiger charge is -2.16. The van der Waals surface area contributed by atoms with Crippen molar-refractivity contribution >= 4 is 35.0 Å². The van der Waals surface area contributed by atoms with Crippen LogP contribution in [-0.2, 0) is 9.59 Å². The maximum atomic E-state index is 13.9. The number of imide groups is 1. The molecule has 0 radical (unpaired) electrons. The van der Waals surface area contributed by atoms with Gasteiger partial charge in [0.25, 0.3) is 5.91 Å². The van der Waals surface area contributed by atoms with Crippen LogP contribution in [0.4, 0.5) is 15.8 Å². The number of carbonyl (C=O) groups excluding carboxylic acids is 2. The van der Waals surface area contributed by atoms with Crippen LogP contribution in [0.1, 0.15) is 6.42 Å². The molecule has 0 bridgehead atoms. The number of thioether (sulfide) groups is 1. The second-order valence-electron chi connectivity index (χ2n) is 5.15. The minimum absolute atomic E-state index is 0.00432. The average molecular weight is 330 g/mol. The number of nitrogens with zero attached hydrogens (tertiary/aromatic N) is 1. The standard InChI is InChI=1S/C17H15FN2O2S/c1-23-12-6-4-5-11(9-12)19-14-10-16(21)20(17(14)22)15-8-3-2-7-13(15)18/h2-9,14,19H,10H2,1H3/t14-/m1/s1. The third-order valence-electron chi connectivity index (χ3n) is 3.65. The highest BCUT2D eigenvalue weighted by atomic mass is 32.2. The van der Waals surface area contributed by atoms with E-state index in [1.54, 1.807) is 17.8 Å². The van der Waals surface area contributed by atoms with Crippen LogP contribution in [-0.4, -0.2) is 24.1 Å². The van der Waals surface area contributed by atoms with Crippen LogP contribution in [0.5, 0.6) is 0 Å². The summed E-state index contributed by atoms with van der Waals surface area (Å²) in [6.07, 6.45) is 1.97. The Morgan fingerprint density at radius 3 is 2.70 bits per heavy atom. The van der Waals surface area contributed by atoms with Gasteiger partial charge in [0, 0.05) is 10.6 Å². The van der Waals surface area contributed by atoms with E-state index < -0.39 is 23.7 Å². The van der Waals surface area contributed by atoms with Crippen molar-refractivity contribution in [1.29, 1.82) is 0 Å². The van der Waals surface area contributed by atoms with E-state index in [0.717, 1.165) is 15.5 Å². The molecule has 0 saturated carbocycles. The Morgan fingerprint density at radius 1 is 1.17 bits per heavy atom. The van der Waals surface area contributed by atoms with E-state index in [-0.39, 0.29) is 12.1 Å². The van der Waals surface area contributed by atoms with Crippen LogP contribution >= 0.6 is 11.8 Å². The molecule has 0 unspecified atom stereocenters. The molecule has 0 spiro atoms. The Morgan fingerprint density at radius 2 is 1.96 bits per heavy atom. The first kappa shape index (κ1) is 15.6. The Bertz CT molecular complexity index is 766. The predicted molar refractivity (Wildman–Crippen MR) is 89.1 cm³/mol. The van der Waals surface area contributed by atoms with Crippen molar-refractivity contribution in [2.75, 3.05) is 16.5 Å². The number of carbonyl (C=O) groups is 2. The summed E-state index contributed by atoms with van der Waals surface area (Å²) in [5, 5.41) is 3.07. The number of hydrogen-bond acceptors (Lipinski definition) is 4. The number of halogens is 1. The average Bonchev–Trinajstić information content (AvgIpc) is 2.82. The van der Waals surface area contributed by atoms with Crippen molar-refractivity contribution in [2.24, 2.45) is 0 Å². The normalized spacial score (nSPS) is 17.7.